The zero-order valence-electron chi connectivity index (χ0n) is 38.9. The lowest BCUT2D eigenvalue weighted by Gasteiger charge is -2.28. The molecule has 0 saturated heterocycles. The van der Waals surface area contributed by atoms with Crippen molar-refractivity contribution >= 4 is 59.6 Å². The quantitative estimate of drug-likeness (QED) is 0.0337. The number of amides is 2. The van der Waals surface area contributed by atoms with E-state index in [2.05, 4.69) is 10.6 Å². The molecule has 0 fully saturated rings. The lowest BCUT2D eigenvalue weighted by Crippen LogP contribution is -2.48. The molecule has 0 aromatic heterocycles. The van der Waals surface area contributed by atoms with E-state index in [1.807, 2.05) is 0 Å². The van der Waals surface area contributed by atoms with E-state index in [-0.39, 0.29) is 137 Å². The van der Waals surface area contributed by atoms with Crippen molar-refractivity contribution < 1.29 is 85.8 Å². The lowest BCUT2D eigenvalue weighted by atomic mass is 10.3. The van der Waals surface area contributed by atoms with Crippen molar-refractivity contribution in [2.24, 2.45) is 0 Å². The SMILES string of the molecule is COC(=O)CCN(CCN(CCN(CC(=O)NCCNC(=O)CN(CCN(CCN(CC(=O)OC)CC(=O)OC)CC(=O)OC)CC(=O)OC)CC(=O)OC)CC(=O)OC)CC(=O)OC. The van der Waals surface area contributed by atoms with Crippen LogP contribution < -0.4 is 10.6 Å². The predicted molar refractivity (Wildman–Crippen MR) is 225 cm³/mol. The number of ether oxygens (including phenoxy) is 8. The van der Waals surface area contributed by atoms with Crippen molar-refractivity contribution in [3.05, 3.63) is 0 Å². The smallest absolute Gasteiger partial charge is 0.319 e. The van der Waals surface area contributed by atoms with Gasteiger partial charge in [0.25, 0.3) is 0 Å². The number of hydrogen-bond donors (Lipinski definition) is 2. The fourth-order valence-electron chi connectivity index (χ4n) is 5.59. The molecule has 0 aromatic carbocycles. The summed E-state index contributed by atoms with van der Waals surface area (Å²) in [6, 6.07) is 0. The monoisotopic (exact) mass is 936 g/mol. The van der Waals surface area contributed by atoms with Crippen LogP contribution in [0.3, 0.4) is 0 Å². The number of methoxy groups -OCH3 is 8. The van der Waals surface area contributed by atoms with E-state index in [4.69, 9.17) is 37.9 Å². The van der Waals surface area contributed by atoms with Gasteiger partial charge in [0, 0.05) is 72.0 Å². The van der Waals surface area contributed by atoms with Crippen LogP contribution in [0.15, 0.2) is 0 Å². The van der Waals surface area contributed by atoms with Crippen LogP contribution in [0.1, 0.15) is 6.42 Å². The molecule has 0 aliphatic carbocycles. The van der Waals surface area contributed by atoms with Crippen molar-refractivity contribution in [1.29, 1.82) is 0 Å². The van der Waals surface area contributed by atoms with E-state index in [0.29, 0.717) is 0 Å². The van der Waals surface area contributed by atoms with Crippen LogP contribution >= 0.6 is 0 Å². The number of carbonyl (C=O) groups excluding carboxylic acids is 10. The van der Waals surface area contributed by atoms with Gasteiger partial charge in [-0.25, -0.2) is 0 Å². The van der Waals surface area contributed by atoms with E-state index in [0.717, 1.165) is 0 Å². The molecule has 26 heteroatoms. The maximum atomic E-state index is 13.0. The molecule has 0 radical (unpaired) electrons. The van der Waals surface area contributed by atoms with Gasteiger partial charge in [-0.2, -0.15) is 0 Å². The highest BCUT2D eigenvalue weighted by atomic mass is 16.5. The van der Waals surface area contributed by atoms with Gasteiger partial charge in [0.2, 0.25) is 11.8 Å². The Balaban J connectivity index is 5.54. The largest absolute Gasteiger partial charge is 0.469 e. The van der Waals surface area contributed by atoms with Gasteiger partial charge in [-0.3, -0.25) is 77.3 Å². The van der Waals surface area contributed by atoms with Crippen LogP contribution in [0.5, 0.6) is 0 Å². The third-order valence-electron chi connectivity index (χ3n) is 9.36. The minimum absolute atomic E-state index is 0.00719. The second-order valence-electron chi connectivity index (χ2n) is 14.0. The average molecular weight is 937 g/mol. The van der Waals surface area contributed by atoms with Gasteiger partial charge >= 0.3 is 47.8 Å². The summed E-state index contributed by atoms with van der Waals surface area (Å²) < 4.78 is 38.1. The zero-order valence-corrected chi connectivity index (χ0v) is 38.9. The normalized spacial score (nSPS) is 11.0. The third-order valence-corrected chi connectivity index (χ3v) is 9.36. The minimum Gasteiger partial charge on any atom is -0.469 e. The van der Waals surface area contributed by atoms with Gasteiger partial charge in [0.1, 0.15) is 0 Å². The summed E-state index contributed by atoms with van der Waals surface area (Å²) in [7, 11) is 9.71. The number of nitrogens with zero attached hydrogens (tertiary/aromatic N) is 6. The van der Waals surface area contributed by atoms with E-state index in [9.17, 15) is 47.9 Å². The summed E-state index contributed by atoms with van der Waals surface area (Å²) in [5.41, 5.74) is 0. The second kappa shape index (κ2) is 35.8. The minimum atomic E-state index is -0.631. The predicted octanol–water partition coefficient (Wildman–Crippen LogP) is -5.20. The molecule has 0 saturated carbocycles. The van der Waals surface area contributed by atoms with Gasteiger partial charge in [-0.05, 0) is 0 Å². The molecule has 0 heterocycles. The maximum absolute atomic E-state index is 13.0. The molecule has 0 rings (SSSR count). The van der Waals surface area contributed by atoms with Crippen molar-refractivity contribution in [3.63, 3.8) is 0 Å². The second-order valence-corrected chi connectivity index (χ2v) is 14.0. The van der Waals surface area contributed by atoms with Crippen LogP contribution in [0.25, 0.3) is 0 Å². The molecule has 65 heavy (non-hydrogen) atoms. The molecule has 0 spiro atoms. The summed E-state index contributed by atoms with van der Waals surface area (Å²) in [5, 5.41) is 5.34. The molecule has 2 N–H and O–H groups in total. The lowest BCUT2D eigenvalue weighted by molar-refractivity contribution is -0.147. The molecule has 372 valence electrons. The Morgan fingerprint density at radius 3 is 0.723 bits per heavy atom. The first-order valence-corrected chi connectivity index (χ1v) is 20.4. The van der Waals surface area contributed by atoms with Gasteiger partial charge < -0.3 is 48.5 Å². The maximum Gasteiger partial charge on any atom is 0.319 e. The fraction of sp³-hybridized carbons (Fsp3) is 0.744. The molecule has 0 aliphatic rings. The first kappa shape index (κ1) is 59.5. The molecular formula is C39H68N8O18. The highest BCUT2D eigenvalue weighted by Crippen LogP contribution is 2.02. The van der Waals surface area contributed by atoms with E-state index in [1.165, 1.54) is 71.6 Å². The van der Waals surface area contributed by atoms with E-state index >= 15 is 0 Å². The molecule has 2 amide bonds. The summed E-state index contributed by atoms with van der Waals surface area (Å²) in [6.45, 7) is -0.549. The molecular weight excluding hydrogens is 868 g/mol. The van der Waals surface area contributed by atoms with Gasteiger partial charge in [0.05, 0.1) is 122 Å². The third kappa shape index (κ3) is 30.3. The van der Waals surface area contributed by atoms with E-state index in [1.54, 1.807) is 14.7 Å². The standard InChI is InChI=1S/C39H68N8O18/c1-58-32(50)9-12-42(23-33(51)59-2)13-14-43(24-34(52)60-3)15-18-45(26-36(54)62-5)21-30(48)40-10-11-41-31(49)22-46(27-37(55)63-6)19-16-44(25-35(53)61-4)17-20-47(28-38(56)64-7)29-39(57)65-8/h9-29H2,1-8H3,(H,40,48)(H,41,49). The van der Waals surface area contributed by atoms with Gasteiger partial charge in [-0.15, -0.1) is 0 Å². The number of esters is 8. The first-order valence-electron chi connectivity index (χ1n) is 20.4. The highest BCUT2D eigenvalue weighted by Gasteiger charge is 2.23. The number of carbonyl (C=O) groups is 10. The van der Waals surface area contributed by atoms with Crippen LogP contribution in [-0.4, -0.2) is 277 Å². The topological polar surface area (TPSA) is 288 Å². The zero-order chi connectivity index (χ0) is 49.2. The Morgan fingerprint density at radius 2 is 0.477 bits per heavy atom. The Hall–Kier alpha value is -5.54. The summed E-state index contributed by atoms with van der Waals surface area (Å²) >= 11 is 0. The number of rotatable bonds is 36. The Labute approximate surface area is 379 Å². The van der Waals surface area contributed by atoms with Crippen molar-refractivity contribution in [2.45, 2.75) is 6.42 Å². The van der Waals surface area contributed by atoms with Crippen molar-refractivity contribution in [1.82, 2.24) is 40.0 Å². The summed E-state index contributed by atoms with van der Waals surface area (Å²) in [6.07, 6.45) is 0.00719. The van der Waals surface area contributed by atoms with E-state index < -0.39 is 59.6 Å². The highest BCUT2D eigenvalue weighted by molar-refractivity contribution is 5.81. The molecule has 0 aliphatic heterocycles. The van der Waals surface area contributed by atoms with Crippen LogP contribution in [0.4, 0.5) is 0 Å². The number of nitrogens with one attached hydrogen (secondary N) is 2. The Morgan fingerprint density at radius 1 is 0.277 bits per heavy atom. The first-order chi connectivity index (χ1) is 30.9. The number of hydrogen-bond acceptors (Lipinski definition) is 24. The molecule has 0 unspecified atom stereocenters. The molecule has 0 bridgehead atoms. The fourth-order valence-corrected chi connectivity index (χ4v) is 5.59. The van der Waals surface area contributed by atoms with Crippen molar-refractivity contribution in [2.75, 3.05) is 188 Å². The summed E-state index contributed by atoms with van der Waals surface area (Å²) in [5.74, 6) is -5.57. The van der Waals surface area contributed by atoms with Gasteiger partial charge in [0.15, 0.2) is 0 Å². The van der Waals surface area contributed by atoms with Gasteiger partial charge in [-0.1, -0.05) is 0 Å². The molecule has 26 nitrogen and oxygen atoms in total. The molecule has 0 atom stereocenters. The van der Waals surface area contributed by atoms with Crippen LogP contribution in [0.2, 0.25) is 0 Å². The van der Waals surface area contributed by atoms with Crippen molar-refractivity contribution in [3.8, 4) is 0 Å². The van der Waals surface area contributed by atoms with Crippen LogP contribution in [0, 0.1) is 0 Å². The summed E-state index contributed by atoms with van der Waals surface area (Å²) in [4.78, 5) is 132. The Bertz CT molecular complexity index is 1500. The molecule has 0 aromatic rings. The Kier molecular flexibility index (Phi) is 32.7. The average Bonchev–Trinajstić information content (AvgIpc) is 3.29. The van der Waals surface area contributed by atoms with Crippen LogP contribution in [-0.2, 0) is 85.8 Å².